The number of rotatable bonds is 4. The Balaban J connectivity index is 1.71. The largest absolute Gasteiger partial charge is 0.481 e. The number of hydrogen-bond donors (Lipinski definition) is 2. The van der Waals surface area contributed by atoms with Crippen molar-refractivity contribution in [3.63, 3.8) is 0 Å². The first-order valence-electron chi connectivity index (χ1n) is 7.20. The molecule has 1 aliphatic carbocycles. The van der Waals surface area contributed by atoms with Crippen molar-refractivity contribution in [1.29, 1.82) is 0 Å². The van der Waals surface area contributed by atoms with Gasteiger partial charge in [-0.1, -0.05) is 24.6 Å². The zero-order chi connectivity index (χ0) is 15.5. The first kappa shape index (κ1) is 14.3. The molecule has 0 unspecified atom stereocenters. The maximum Gasteiger partial charge on any atom is 0.308 e. The van der Waals surface area contributed by atoms with Crippen LogP contribution in [0.5, 0.6) is 0 Å². The van der Waals surface area contributed by atoms with Crippen LogP contribution in [0, 0.1) is 5.92 Å². The third-order valence-electron chi connectivity index (χ3n) is 3.91. The SMILES string of the molecule is O=C(N[C@H]1CCC[C@H]1C(=O)O)c1coc(-c2ccccc2)n1. The predicted octanol–water partition coefficient (Wildman–Crippen LogP) is 2.32. The van der Waals surface area contributed by atoms with Crippen LogP contribution in [0.4, 0.5) is 0 Å². The quantitative estimate of drug-likeness (QED) is 0.904. The summed E-state index contributed by atoms with van der Waals surface area (Å²) in [6, 6.07) is 8.92. The van der Waals surface area contributed by atoms with E-state index in [4.69, 9.17) is 9.52 Å². The Bertz CT molecular complexity index is 680. The summed E-state index contributed by atoms with van der Waals surface area (Å²) in [5, 5.41) is 11.9. The molecule has 6 nitrogen and oxygen atoms in total. The summed E-state index contributed by atoms with van der Waals surface area (Å²) in [4.78, 5) is 27.5. The van der Waals surface area contributed by atoms with Crippen molar-refractivity contribution in [3.8, 4) is 11.5 Å². The lowest BCUT2D eigenvalue weighted by atomic mass is 10.0. The summed E-state index contributed by atoms with van der Waals surface area (Å²) in [6.45, 7) is 0. The fourth-order valence-electron chi connectivity index (χ4n) is 2.76. The molecule has 0 bridgehead atoms. The first-order chi connectivity index (χ1) is 10.6. The average molecular weight is 300 g/mol. The number of benzene rings is 1. The normalized spacial score (nSPS) is 20.7. The number of carboxylic acid groups (broad SMARTS) is 1. The van der Waals surface area contributed by atoms with E-state index in [1.165, 1.54) is 6.26 Å². The molecule has 22 heavy (non-hydrogen) atoms. The smallest absolute Gasteiger partial charge is 0.308 e. The van der Waals surface area contributed by atoms with E-state index in [1.807, 2.05) is 30.3 Å². The summed E-state index contributed by atoms with van der Waals surface area (Å²) in [5.41, 5.74) is 0.945. The number of hydrogen-bond acceptors (Lipinski definition) is 4. The molecular weight excluding hydrogens is 284 g/mol. The maximum atomic E-state index is 12.2. The summed E-state index contributed by atoms with van der Waals surface area (Å²) >= 11 is 0. The molecule has 114 valence electrons. The highest BCUT2D eigenvalue weighted by Crippen LogP contribution is 2.26. The summed E-state index contributed by atoms with van der Waals surface area (Å²) in [7, 11) is 0. The molecule has 0 radical (unpaired) electrons. The number of amides is 1. The van der Waals surface area contributed by atoms with Gasteiger partial charge in [0, 0.05) is 11.6 Å². The molecule has 6 heteroatoms. The molecule has 0 spiro atoms. The van der Waals surface area contributed by atoms with Crippen LogP contribution in [0.1, 0.15) is 29.8 Å². The van der Waals surface area contributed by atoms with E-state index in [9.17, 15) is 9.59 Å². The number of aromatic nitrogens is 1. The van der Waals surface area contributed by atoms with Gasteiger partial charge in [0.05, 0.1) is 5.92 Å². The Labute approximate surface area is 127 Å². The van der Waals surface area contributed by atoms with Gasteiger partial charge in [0.25, 0.3) is 5.91 Å². The van der Waals surface area contributed by atoms with E-state index >= 15 is 0 Å². The van der Waals surface area contributed by atoms with Gasteiger partial charge < -0.3 is 14.8 Å². The molecule has 2 N–H and O–H groups in total. The second-order valence-corrected chi connectivity index (χ2v) is 5.36. The van der Waals surface area contributed by atoms with E-state index in [0.717, 1.165) is 12.0 Å². The highest BCUT2D eigenvalue weighted by atomic mass is 16.4. The van der Waals surface area contributed by atoms with Crippen LogP contribution in [0.2, 0.25) is 0 Å². The van der Waals surface area contributed by atoms with Crippen molar-refractivity contribution >= 4 is 11.9 Å². The van der Waals surface area contributed by atoms with E-state index in [0.29, 0.717) is 18.7 Å². The van der Waals surface area contributed by atoms with Crippen LogP contribution in [0.15, 0.2) is 41.0 Å². The number of oxazole rings is 1. The molecule has 1 heterocycles. The van der Waals surface area contributed by atoms with Gasteiger partial charge in [-0.05, 0) is 25.0 Å². The van der Waals surface area contributed by atoms with Crippen molar-refractivity contribution in [1.82, 2.24) is 10.3 Å². The summed E-state index contributed by atoms with van der Waals surface area (Å²) in [6.07, 6.45) is 3.36. The van der Waals surface area contributed by atoms with Gasteiger partial charge in [0.15, 0.2) is 5.69 Å². The van der Waals surface area contributed by atoms with Crippen LogP contribution in [0.3, 0.4) is 0 Å². The van der Waals surface area contributed by atoms with Crippen LogP contribution >= 0.6 is 0 Å². The monoisotopic (exact) mass is 300 g/mol. The van der Waals surface area contributed by atoms with Crippen LogP contribution < -0.4 is 5.32 Å². The zero-order valence-electron chi connectivity index (χ0n) is 11.9. The Morgan fingerprint density at radius 3 is 2.73 bits per heavy atom. The van der Waals surface area contributed by atoms with Crippen molar-refractivity contribution in [2.45, 2.75) is 25.3 Å². The van der Waals surface area contributed by atoms with E-state index in [1.54, 1.807) is 0 Å². The maximum absolute atomic E-state index is 12.2. The van der Waals surface area contributed by atoms with Gasteiger partial charge in [0.2, 0.25) is 5.89 Å². The molecule has 0 aliphatic heterocycles. The highest BCUT2D eigenvalue weighted by Gasteiger charge is 2.34. The van der Waals surface area contributed by atoms with E-state index < -0.39 is 17.8 Å². The second kappa shape index (κ2) is 6.01. The van der Waals surface area contributed by atoms with Crippen molar-refractivity contribution in [2.24, 2.45) is 5.92 Å². The van der Waals surface area contributed by atoms with Crippen molar-refractivity contribution < 1.29 is 19.1 Å². The molecule has 2 aromatic rings. The number of carboxylic acids is 1. The molecule has 3 rings (SSSR count). The standard InChI is InChI=1S/C16H16N2O4/c19-14(17-12-8-4-7-11(12)16(20)21)13-9-22-15(18-13)10-5-2-1-3-6-10/h1-3,5-6,9,11-12H,4,7-8H2,(H,17,19)(H,20,21)/t11-,12+/m1/s1. The molecule has 1 amide bonds. The molecule has 1 saturated carbocycles. The van der Waals surface area contributed by atoms with Gasteiger partial charge in [0.1, 0.15) is 6.26 Å². The third kappa shape index (κ3) is 2.86. The Morgan fingerprint density at radius 1 is 1.23 bits per heavy atom. The zero-order valence-corrected chi connectivity index (χ0v) is 11.9. The minimum atomic E-state index is -0.868. The van der Waals surface area contributed by atoms with Gasteiger partial charge in [-0.15, -0.1) is 0 Å². The molecule has 1 aromatic carbocycles. The predicted molar refractivity (Wildman–Crippen MR) is 78.2 cm³/mol. The molecule has 1 fully saturated rings. The minimum Gasteiger partial charge on any atom is -0.481 e. The highest BCUT2D eigenvalue weighted by molar-refractivity contribution is 5.93. The van der Waals surface area contributed by atoms with E-state index in [-0.39, 0.29) is 11.7 Å². The first-order valence-corrected chi connectivity index (χ1v) is 7.20. The lowest BCUT2D eigenvalue weighted by molar-refractivity contribution is -0.142. The molecule has 2 atom stereocenters. The van der Waals surface area contributed by atoms with Crippen molar-refractivity contribution in [2.75, 3.05) is 0 Å². The number of nitrogens with zero attached hydrogens (tertiary/aromatic N) is 1. The third-order valence-corrected chi connectivity index (χ3v) is 3.91. The summed E-state index contributed by atoms with van der Waals surface area (Å²) in [5.74, 6) is -1.42. The molecule has 1 aliphatic rings. The van der Waals surface area contributed by atoms with Gasteiger partial charge in [-0.2, -0.15) is 0 Å². The van der Waals surface area contributed by atoms with Crippen LogP contribution in [-0.4, -0.2) is 28.0 Å². The minimum absolute atomic E-state index is 0.162. The van der Waals surface area contributed by atoms with E-state index in [2.05, 4.69) is 10.3 Å². The number of carbonyl (C=O) groups excluding carboxylic acids is 1. The number of carbonyl (C=O) groups is 2. The van der Waals surface area contributed by atoms with Gasteiger partial charge in [-0.3, -0.25) is 9.59 Å². The van der Waals surface area contributed by atoms with Gasteiger partial charge >= 0.3 is 5.97 Å². The molecule has 0 saturated heterocycles. The summed E-state index contributed by atoms with van der Waals surface area (Å²) < 4.78 is 5.32. The lowest BCUT2D eigenvalue weighted by Gasteiger charge is -2.16. The molecule has 1 aromatic heterocycles. The molecular formula is C16H16N2O4. The average Bonchev–Trinajstić information content (AvgIpc) is 3.17. The van der Waals surface area contributed by atoms with Gasteiger partial charge in [-0.25, -0.2) is 4.98 Å². The Hall–Kier alpha value is -2.63. The Kier molecular flexibility index (Phi) is 3.91. The van der Waals surface area contributed by atoms with Crippen LogP contribution in [-0.2, 0) is 4.79 Å². The number of aliphatic carboxylic acids is 1. The second-order valence-electron chi connectivity index (χ2n) is 5.36. The van der Waals surface area contributed by atoms with Crippen LogP contribution in [0.25, 0.3) is 11.5 Å². The lowest BCUT2D eigenvalue weighted by Crippen LogP contribution is -2.40. The fourth-order valence-corrected chi connectivity index (χ4v) is 2.76. The topological polar surface area (TPSA) is 92.4 Å². The van der Waals surface area contributed by atoms with Crippen molar-refractivity contribution in [3.05, 3.63) is 42.3 Å². The number of nitrogens with one attached hydrogen (secondary N) is 1. The fraction of sp³-hybridized carbons (Fsp3) is 0.312. The Morgan fingerprint density at radius 2 is 2.00 bits per heavy atom.